The summed E-state index contributed by atoms with van der Waals surface area (Å²) in [4.78, 5) is 132. The van der Waals surface area contributed by atoms with Crippen molar-refractivity contribution in [2.24, 2.45) is 11.8 Å². The number of rotatable bonds is 34. The van der Waals surface area contributed by atoms with Gasteiger partial charge in [-0.25, -0.2) is 4.79 Å². The van der Waals surface area contributed by atoms with Gasteiger partial charge in [0.25, 0.3) is 0 Å². The highest BCUT2D eigenvalue weighted by molar-refractivity contribution is 8.76. The number of hydrogen-bond donors (Lipinski definition) is 8. The van der Waals surface area contributed by atoms with E-state index in [2.05, 4.69) is 16.0 Å². The first kappa shape index (κ1) is 53.5. The molecule has 0 fully saturated rings. The minimum Gasteiger partial charge on any atom is -0.481 e. The maximum absolute atomic E-state index is 13.2. The highest BCUT2D eigenvalue weighted by atomic mass is 33.1. The lowest BCUT2D eigenvalue weighted by Crippen LogP contribution is -2.48. The molecule has 61 heavy (non-hydrogen) atoms. The van der Waals surface area contributed by atoms with Crippen molar-refractivity contribution in [3.8, 4) is 0 Å². The molecule has 0 aliphatic rings. The van der Waals surface area contributed by atoms with Gasteiger partial charge in [0.05, 0.1) is 43.6 Å². The number of amides is 3. The molecule has 1 rings (SSSR count). The summed E-state index contributed by atoms with van der Waals surface area (Å²) in [6, 6.07) is 3.10. The van der Waals surface area contributed by atoms with Gasteiger partial charge in [-0.3, -0.25) is 47.9 Å². The number of unbranched alkanes of at least 4 members (excludes halogenated alkanes) is 2. The zero-order valence-electron chi connectivity index (χ0n) is 33.6. The van der Waals surface area contributed by atoms with Crippen molar-refractivity contribution < 1.29 is 83.0 Å². The van der Waals surface area contributed by atoms with Crippen LogP contribution in [-0.4, -0.2) is 127 Å². The third-order valence-electron chi connectivity index (χ3n) is 8.72. The van der Waals surface area contributed by atoms with Crippen LogP contribution in [0.1, 0.15) is 88.7 Å². The highest BCUT2D eigenvalue weighted by Gasteiger charge is 2.33. The zero-order chi connectivity index (χ0) is 45.9. The molecule has 0 saturated heterocycles. The summed E-state index contributed by atoms with van der Waals surface area (Å²) in [6.45, 7) is 1.55. The molecule has 0 saturated carbocycles. The lowest BCUT2D eigenvalue weighted by molar-refractivity contribution is -0.145. The average Bonchev–Trinajstić information content (AvgIpc) is 3.16. The molecular formula is C39H53N3O17S2. The van der Waals surface area contributed by atoms with Crippen LogP contribution in [0.5, 0.6) is 0 Å². The largest absolute Gasteiger partial charge is 0.481 e. The van der Waals surface area contributed by atoms with Crippen molar-refractivity contribution in [1.82, 2.24) is 16.0 Å². The molecule has 22 heteroatoms. The maximum atomic E-state index is 13.2. The molecule has 0 heterocycles. The summed E-state index contributed by atoms with van der Waals surface area (Å²) in [5.74, 6) is -12.7. The minimum absolute atomic E-state index is 0.0243. The van der Waals surface area contributed by atoms with E-state index < -0.39 is 96.6 Å². The lowest BCUT2D eigenvalue weighted by Gasteiger charge is -2.21. The van der Waals surface area contributed by atoms with Crippen molar-refractivity contribution in [3.05, 3.63) is 35.4 Å². The molecular weight excluding hydrogens is 847 g/mol. The van der Waals surface area contributed by atoms with Crippen molar-refractivity contribution in [2.75, 3.05) is 24.7 Å². The fourth-order valence-corrected chi connectivity index (χ4v) is 7.60. The molecule has 8 N–H and O–H groups in total. The fourth-order valence-electron chi connectivity index (χ4n) is 5.62. The predicted molar refractivity (Wildman–Crippen MR) is 218 cm³/mol. The van der Waals surface area contributed by atoms with E-state index in [-0.39, 0.29) is 69.1 Å². The van der Waals surface area contributed by atoms with Gasteiger partial charge in [0.2, 0.25) is 17.7 Å². The molecule has 338 valence electrons. The second-order valence-electron chi connectivity index (χ2n) is 13.9. The summed E-state index contributed by atoms with van der Waals surface area (Å²) >= 11 is 0. The van der Waals surface area contributed by atoms with E-state index in [1.54, 1.807) is 24.3 Å². The molecule has 0 aromatic heterocycles. The van der Waals surface area contributed by atoms with Gasteiger partial charge in [-0.15, -0.1) is 0 Å². The first-order valence-electron chi connectivity index (χ1n) is 19.2. The molecule has 0 spiro atoms. The number of aliphatic carboxylic acids is 5. The highest BCUT2D eigenvalue weighted by Crippen LogP contribution is 2.23. The fraction of sp³-hybridized carbons (Fsp3) is 0.564. The molecule has 1 aromatic carbocycles. The summed E-state index contributed by atoms with van der Waals surface area (Å²) in [7, 11) is 2.20. The van der Waals surface area contributed by atoms with Gasteiger partial charge in [-0.2, -0.15) is 0 Å². The van der Waals surface area contributed by atoms with E-state index in [0.717, 1.165) is 21.6 Å². The van der Waals surface area contributed by atoms with Gasteiger partial charge >= 0.3 is 35.8 Å². The molecule has 0 bridgehead atoms. The second-order valence-corrected chi connectivity index (χ2v) is 16.6. The molecule has 20 nitrogen and oxygen atoms in total. The topological polar surface area (TPSA) is 334 Å². The maximum Gasteiger partial charge on any atom is 0.327 e. The van der Waals surface area contributed by atoms with E-state index in [0.29, 0.717) is 42.6 Å². The van der Waals surface area contributed by atoms with Crippen molar-refractivity contribution in [1.29, 1.82) is 0 Å². The van der Waals surface area contributed by atoms with Gasteiger partial charge in [0.1, 0.15) is 18.4 Å². The van der Waals surface area contributed by atoms with Gasteiger partial charge in [0.15, 0.2) is 5.78 Å². The Balaban J connectivity index is 2.69. The molecule has 4 atom stereocenters. The van der Waals surface area contributed by atoms with Crippen LogP contribution in [0.15, 0.2) is 24.3 Å². The molecule has 0 aliphatic heterocycles. The molecule has 0 aliphatic carbocycles. The second kappa shape index (κ2) is 29.7. The normalized spacial score (nSPS) is 12.7. The average molecular weight is 900 g/mol. The number of Topliss-reactive ketones (excluding diaryl/α,β-unsaturated/α-hetero) is 2. The summed E-state index contributed by atoms with van der Waals surface area (Å²) in [5.41, 5.74) is 1.01. The van der Waals surface area contributed by atoms with Crippen LogP contribution in [0.4, 0.5) is 0 Å². The standard InChI is InChI=1S/C39H53N3O17S2/c1-23(43)59-14-15-60-61-22-30(39(57)58)42-37(54)27(20-35(50)51)19-31(45)29(21-36(52)53)41-33(47)17-25-11-9-24(10-12-25)16-32(46)40-13-5-4-6-26(38(55)56)18-28(44)7-2-3-8-34(48)49/h9-12,26-27,29-30H,2-8,13-22H2,1H3,(H,40,46)(H,41,47)(H,42,54)(H,48,49)(H,50,51)(H,52,53)(H,55,56)(H,57,58)/t26-,27+,29+,30+/m1/s1. The molecule has 3 amide bonds. The number of hydrogen-bond acceptors (Lipinski definition) is 14. The molecule has 0 unspecified atom stereocenters. The SMILES string of the molecule is CC(=O)OCCSSC[C@H](NC(=O)[C@H](CC(=O)O)CC(=O)[C@H](CC(=O)O)NC(=O)Cc1ccc(CC(=O)NCCCC[C@H](CC(=O)CCCCC(=O)O)C(=O)O)cc1)C(=O)O. The Kier molecular flexibility index (Phi) is 26.0. The summed E-state index contributed by atoms with van der Waals surface area (Å²) < 4.78 is 4.77. The first-order chi connectivity index (χ1) is 28.8. The van der Waals surface area contributed by atoms with Crippen LogP contribution in [0.25, 0.3) is 0 Å². The Morgan fingerprint density at radius 2 is 1.23 bits per heavy atom. The Morgan fingerprint density at radius 3 is 1.79 bits per heavy atom. The van der Waals surface area contributed by atoms with E-state index >= 15 is 0 Å². The number of carbonyl (C=O) groups excluding carboxylic acids is 6. The number of carboxylic acid groups (broad SMARTS) is 5. The predicted octanol–water partition coefficient (Wildman–Crippen LogP) is 1.89. The van der Waals surface area contributed by atoms with Crippen molar-refractivity contribution in [3.63, 3.8) is 0 Å². The van der Waals surface area contributed by atoms with Gasteiger partial charge in [0, 0.05) is 50.7 Å². The third-order valence-corrected chi connectivity index (χ3v) is 11.1. The number of carbonyl (C=O) groups is 11. The van der Waals surface area contributed by atoms with E-state index in [4.69, 9.17) is 9.84 Å². The van der Waals surface area contributed by atoms with Crippen LogP contribution in [0.3, 0.4) is 0 Å². The Bertz CT molecular complexity index is 1710. The van der Waals surface area contributed by atoms with Crippen LogP contribution in [0, 0.1) is 11.8 Å². The smallest absolute Gasteiger partial charge is 0.327 e. The van der Waals surface area contributed by atoms with Crippen LogP contribution >= 0.6 is 21.6 Å². The van der Waals surface area contributed by atoms with E-state index in [1.165, 1.54) is 6.92 Å². The molecule has 0 radical (unpaired) electrons. The minimum atomic E-state index is -1.66. The number of carboxylic acids is 5. The molecule has 1 aromatic rings. The van der Waals surface area contributed by atoms with Crippen LogP contribution in [0.2, 0.25) is 0 Å². The monoisotopic (exact) mass is 899 g/mol. The van der Waals surface area contributed by atoms with E-state index in [1.807, 2.05) is 0 Å². The van der Waals surface area contributed by atoms with Crippen molar-refractivity contribution >= 4 is 86.7 Å². The lowest BCUT2D eigenvalue weighted by atomic mass is 9.93. The Hall–Kier alpha value is -5.51. The Labute approximate surface area is 359 Å². The third kappa shape index (κ3) is 25.7. The summed E-state index contributed by atoms with van der Waals surface area (Å²) in [5, 5.41) is 53.8. The van der Waals surface area contributed by atoms with E-state index in [9.17, 15) is 73.2 Å². The van der Waals surface area contributed by atoms with Gasteiger partial charge < -0.3 is 46.2 Å². The van der Waals surface area contributed by atoms with Crippen LogP contribution < -0.4 is 16.0 Å². The number of nitrogens with one attached hydrogen (secondary N) is 3. The number of ketones is 2. The zero-order valence-corrected chi connectivity index (χ0v) is 35.2. The number of esters is 1. The number of ether oxygens (including phenoxy) is 1. The quantitative estimate of drug-likeness (QED) is 0.0278. The summed E-state index contributed by atoms with van der Waals surface area (Å²) in [6.07, 6.45) is -1.23. The Morgan fingerprint density at radius 1 is 0.623 bits per heavy atom. The van der Waals surface area contributed by atoms with Gasteiger partial charge in [-0.1, -0.05) is 52.3 Å². The van der Waals surface area contributed by atoms with Crippen molar-refractivity contribution in [2.45, 2.75) is 102 Å². The number of benzene rings is 1. The van der Waals surface area contributed by atoms with Gasteiger partial charge in [-0.05, 0) is 36.8 Å². The van der Waals surface area contributed by atoms with Crippen LogP contribution in [-0.2, 0) is 70.3 Å². The first-order valence-corrected chi connectivity index (χ1v) is 21.7.